The molecule has 65 heavy (non-hydrogen) atoms. The number of azo groups is 2. The maximum Gasteiger partial charge on any atom is 0.208 e. The fraction of sp³-hybridized carbons (Fsp3) is 0.120. The lowest BCUT2D eigenvalue weighted by Crippen LogP contribution is -2.18. The zero-order valence-corrected chi connectivity index (χ0v) is 37.7. The van der Waals surface area contributed by atoms with Crippen LogP contribution in [0.2, 0.25) is 0 Å². The zero-order valence-electron chi connectivity index (χ0n) is 35.2. The maximum atomic E-state index is 13.7. The van der Waals surface area contributed by atoms with Crippen LogP contribution in [0.15, 0.2) is 210 Å². The summed E-state index contributed by atoms with van der Waals surface area (Å²) in [6.45, 7) is 3.80. The second-order valence-electron chi connectivity index (χ2n) is 15.4. The highest BCUT2D eigenvalue weighted by Crippen LogP contribution is 2.44. The van der Waals surface area contributed by atoms with E-state index in [1.54, 1.807) is 24.3 Å². The molecular weight excluding hydrogens is 869 g/mol. The van der Waals surface area contributed by atoms with Crippen molar-refractivity contribution in [3.8, 4) is 0 Å². The highest BCUT2D eigenvalue weighted by molar-refractivity contribution is 7.91. The van der Waals surface area contributed by atoms with Crippen LogP contribution in [0.1, 0.15) is 58.6 Å². The van der Waals surface area contributed by atoms with Crippen LogP contribution in [0.25, 0.3) is 0 Å². The fourth-order valence-electron chi connectivity index (χ4n) is 7.71. The highest BCUT2D eigenvalue weighted by atomic mass is 32.2. The molecule has 6 aromatic carbocycles. The summed E-state index contributed by atoms with van der Waals surface area (Å²) in [6, 6.07) is 53.7. The summed E-state index contributed by atoms with van der Waals surface area (Å²) in [4.78, 5) is 9.97. The van der Waals surface area contributed by atoms with Crippen LogP contribution in [0.5, 0.6) is 0 Å². The van der Waals surface area contributed by atoms with Gasteiger partial charge in [0.1, 0.15) is 0 Å². The molecule has 0 N–H and O–H groups in total. The number of thiazole rings is 2. The molecule has 8 aromatic rings. The molecule has 15 heteroatoms. The zero-order chi connectivity index (χ0) is 44.3. The summed E-state index contributed by atoms with van der Waals surface area (Å²) < 4.78 is 27.4. The van der Waals surface area contributed by atoms with Crippen LogP contribution in [0.3, 0.4) is 0 Å². The molecule has 0 spiro atoms. The van der Waals surface area contributed by atoms with Crippen LogP contribution in [0, 0.1) is 13.8 Å². The fourth-order valence-corrected chi connectivity index (χ4v) is 10.8. The van der Waals surface area contributed by atoms with E-state index >= 15 is 0 Å². The SMILES string of the molecule is Cc1nc(N2N=C(c3ccccc3)CC2c2ccccc2)sc1N=Nc1ccc(S(=O)(=O)c2ccc(N=Nc3sc(N4N=C(c5ccccc5)CC4c4ccccc4)nc3C)cc2)cc1. The summed E-state index contributed by atoms with van der Waals surface area (Å²) in [5.41, 5.74) is 8.91. The predicted molar refractivity (Wildman–Crippen MR) is 259 cm³/mol. The molecule has 2 aromatic heterocycles. The Labute approximate surface area is 384 Å². The summed E-state index contributed by atoms with van der Waals surface area (Å²) in [5, 5.41) is 34.7. The molecule has 12 nitrogen and oxygen atoms in total. The lowest BCUT2D eigenvalue weighted by Gasteiger charge is -2.21. The molecule has 0 saturated carbocycles. The summed E-state index contributed by atoms with van der Waals surface area (Å²) >= 11 is 2.83. The number of anilines is 2. The van der Waals surface area contributed by atoms with Gasteiger partial charge in [0.15, 0.2) is 10.0 Å². The normalized spacial score (nSPS) is 16.5. The van der Waals surface area contributed by atoms with Crippen LogP contribution in [-0.2, 0) is 9.84 Å². The Kier molecular flexibility index (Phi) is 11.6. The molecular formula is C50H40N10O2S3. The van der Waals surface area contributed by atoms with Gasteiger partial charge in [0.25, 0.3) is 0 Å². The van der Waals surface area contributed by atoms with Crippen molar-refractivity contribution >= 4 is 75.6 Å². The topological polar surface area (TPSA) is 141 Å². The third kappa shape index (κ3) is 8.81. The number of hydrogen-bond donors (Lipinski definition) is 0. The first kappa shape index (κ1) is 41.7. The molecule has 0 radical (unpaired) electrons. The van der Waals surface area contributed by atoms with Crippen molar-refractivity contribution in [2.24, 2.45) is 30.7 Å². The van der Waals surface area contributed by atoms with Crippen LogP contribution in [0.4, 0.5) is 31.6 Å². The molecule has 0 aliphatic carbocycles. The van der Waals surface area contributed by atoms with Gasteiger partial charge >= 0.3 is 0 Å². The van der Waals surface area contributed by atoms with Gasteiger partial charge in [0, 0.05) is 12.8 Å². The average molecular weight is 909 g/mol. The first-order valence-corrected chi connectivity index (χ1v) is 24.1. The van der Waals surface area contributed by atoms with Crippen molar-refractivity contribution in [1.29, 1.82) is 0 Å². The van der Waals surface area contributed by atoms with E-state index in [0.717, 1.165) is 68.2 Å². The lowest BCUT2D eigenvalue weighted by atomic mass is 9.99. The molecule has 0 bridgehead atoms. The van der Waals surface area contributed by atoms with Gasteiger partial charge in [-0.3, -0.25) is 0 Å². The van der Waals surface area contributed by atoms with Crippen LogP contribution >= 0.6 is 22.7 Å². The highest BCUT2D eigenvalue weighted by Gasteiger charge is 2.34. The standard InChI is InChI=1S/C50H40N10O2S3/c1-33-47(63-49(51-33)59-45(37-19-11-5-12-20-37)31-43(57-59)35-15-7-3-8-16-35)55-53-39-23-27-41(28-24-39)65(61,62)42-29-25-40(26-30-42)54-56-48-34(2)52-50(64-48)60-46(38-21-13-6-14-22-38)32-44(58-60)36-17-9-4-10-18-36/h3-30,45-46H,31-32H2,1-2H3. The van der Waals surface area contributed by atoms with E-state index in [9.17, 15) is 8.42 Å². The largest absolute Gasteiger partial charge is 0.231 e. The van der Waals surface area contributed by atoms with E-state index < -0.39 is 9.84 Å². The number of aryl methyl sites for hydroxylation is 2. The Bertz CT molecular complexity index is 2980. The molecule has 320 valence electrons. The van der Waals surface area contributed by atoms with Gasteiger partial charge in [-0.1, -0.05) is 144 Å². The molecule has 10 rings (SSSR count). The molecule has 2 aliphatic heterocycles. The van der Waals surface area contributed by atoms with E-state index in [1.165, 1.54) is 46.9 Å². The predicted octanol–water partition coefficient (Wildman–Crippen LogP) is 13.6. The minimum Gasteiger partial charge on any atom is -0.231 e. The minimum atomic E-state index is -3.83. The average Bonchev–Trinajstić information content (AvgIpc) is 4.17. The van der Waals surface area contributed by atoms with Crippen molar-refractivity contribution in [3.63, 3.8) is 0 Å². The van der Waals surface area contributed by atoms with Gasteiger partial charge in [-0.05, 0) is 84.6 Å². The second kappa shape index (κ2) is 18.0. The number of benzene rings is 6. The van der Waals surface area contributed by atoms with Gasteiger partial charge in [0.2, 0.25) is 20.1 Å². The molecule has 2 unspecified atom stereocenters. The Balaban J connectivity index is 0.817. The van der Waals surface area contributed by atoms with E-state index in [-0.39, 0.29) is 21.9 Å². The van der Waals surface area contributed by atoms with Gasteiger partial charge in [0.05, 0.1) is 56.1 Å². The molecule has 4 heterocycles. The summed E-state index contributed by atoms with van der Waals surface area (Å²) in [7, 11) is -3.83. The van der Waals surface area contributed by atoms with Gasteiger partial charge in [-0.15, -0.1) is 20.5 Å². The number of hydrazone groups is 2. The van der Waals surface area contributed by atoms with E-state index in [2.05, 4.69) is 69.0 Å². The smallest absolute Gasteiger partial charge is 0.208 e. The van der Waals surface area contributed by atoms with Crippen molar-refractivity contribution in [2.45, 2.75) is 48.6 Å². The van der Waals surface area contributed by atoms with E-state index in [0.29, 0.717) is 21.4 Å². The van der Waals surface area contributed by atoms with E-state index in [4.69, 9.17) is 20.2 Å². The second-order valence-corrected chi connectivity index (χ2v) is 19.3. The van der Waals surface area contributed by atoms with Crippen molar-refractivity contribution in [2.75, 3.05) is 10.0 Å². The summed E-state index contributed by atoms with van der Waals surface area (Å²) in [6.07, 6.45) is 1.48. The van der Waals surface area contributed by atoms with Crippen molar-refractivity contribution in [3.05, 3.63) is 203 Å². The number of nitrogens with zero attached hydrogens (tertiary/aromatic N) is 10. The number of aromatic nitrogens is 2. The van der Waals surface area contributed by atoms with Gasteiger partial charge < -0.3 is 0 Å². The summed E-state index contributed by atoms with van der Waals surface area (Å²) in [5.74, 6) is 0. The van der Waals surface area contributed by atoms with Crippen molar-refractivity contribution < 1.29 is 8.42 Å². The Morgan fingerprint density at radius 2 is 0.831 bits per heavy atom. The molecule has 0 fully saturated rings. The number of rotatable bonds is 12. The van der Waals surface area contributed by atoms with Crippen LogP contribution in [-0.4, -0.2) is 29.8 Å². The Morgan fingerprint density at radius 3 is 1.20 bits per heavy atom. The van der Waals surface area contributed by atoms with Crippen molar-refractivity contribution in [1.82, 2.24) is 9.97 Å². The maximum absolute atomic E-state index is 13.7. The number of hydrogen-bond acceptors (Lipinski definition) is 14. The quantitative estimate of drug-likeness (QED) is 0.112. The minimum absolute atomic E-state index is 0.0155. The third-order valence-corrected chi connectivity index (χ3v) is 15.0. The first-order valence-electron chi connectivity index (χ1n) is 20.9. The third-order valence-electron chi connectivity index (χ3n) is 11.1. The first-order chi connectivity index (χ1) is 31.8. The molecule has 0 amide bonds. The Morgan fingerprint density at radius 1 is 0.477 bits per heavy atom. The molecule has 2 atom stereocenters. The Hall–Kier alpha value is -7.33. The van der Waals surface area contributed by atoms with Gasteiger partial charge in [-0.25, -0.2) is 28.4 Å². The monoisotopic (exact) mass is 908 g/mol. The molecule has 2 aliphatic rings. The van der Waals surface area contributed by atoms with E-state index in [1.807, 2.05) is 96.7 Å². The molecule has 0 saturated heterocycles. The number of sulfone groups is 1. The van der Waals surface area contributed by atoms with Gasteiger partial charge in [-0.2, -0.15) is 10.2 Å². The lowest BCUT2D eigenvalue weighted by molar-refractivity contribution is 0.596. The van der Waals surface area contributed by atoms with Crippen LogP contribution < -0.4 is 10.0 Å².